The topological polar surface area (TPSA) is 29.5 Å². The van der Waals surface area contributed by atoms with Gasteiger partial charge < -0.3 is 9.84 Å². The molecule has 0 radical (unpaired) electrons. The molecule has 0 saturated carbocycles. The normalized spacial score (nSPS) is 14.8. The summed E-state index contributed by atoms with van der Waals surface area (Å²) in [4.78, 5) is 0. The molecule has 2 unspecified atom stereocenters. The molecule has 0 saturated heterocycles. The first-order valence-electron chi connectivity index (χ1n) is 7.50. The van der Waals surface area contributed by atoms with Gasteiger partial charge in [0.2, 0.25) is 0 Å². The highest BCUT2D eigenvalue weighted by Crippen LogP contribution is 2.22. The van der Waals surface area contributed by atoms with Gasteiger partial charge in [0.05, 0.1) is 19.3 Å². The van der Waals surface area contributed by atoms with Crippen LogP contribution in [0.25, 0.3) is 0 Å². The first-order chi connectivity index (χ1) is 8.28. The maximum Gasteiger partial charge on any atom is 0.0701 e. The number of rotatable bonds is 12. The quantitative estimate of drug-likeness (QED) is 0.558. The van der Waals surface area contributed by atoms with Gasteiger partial charge in [0.15, 0.2) is 0 Å². The maximum absolute atomic E-state index is 8.85. The number of hydrogen-bond acceptors (Lipinski definition) is 2. The Bertz CT molecular complexity index is 140. The molecule has 0 rings (SSSR count). The van der Waals surface area contributed by atoms with E-state index in [-0.39, 0.29) is 6.61 Å². The zero-order valence-corrected chi connectivity index (χ0v) is 12.1. The van der Waals surface area contributed by atoms with Crippen LogP contribution in [-0.4, -0.2) is 24.4 Å². The minimum Gasteiger partial charge on any atom is -0.394 e. The summed E-state index contributed by atoms with van der Waals surface area (Å²) < 4.78 is 5.76. The lowest BCUT2D eigenvalue weighted by atomic mass is 9.91. The van der Waals surface area contributed by atoms with Crippen LogP contribution in [-0.2, 0) is 4.74 Å². The van der Waals surface area contributed by atoms with E-state index in [9.17, 15) is 0 Å². The fourth-order valence-corrected chi connectivity index (χ4v) is 2.27. The molecular weight excluding hydrogens is 212 g/mol. The molecule has 0 amide bonds. The van der Waals surface area contributed by atoms with E-state index in [4.69, 9.17) is 9.84 Å². The van der Waals surface area contributed by atoms with Gasteiger partial charge in [-0.15, -0.1) is 0 Å². The number of ether oxygens (including phenoxy) is 1. The molecule has 0 aromatic rings. The van der Waals surface area contributed by atoms with Crippen LogP contribution < -0.4 is 0 Å². The van der Waals surface area contributed by atoms with Crippen LogP contribution in [0.2, 0.25) is 0 Å². The predicted octanol–water partition coefficient (Wildman–Crippen LogP) is 4.16. The van der Waals surface area contributed by atoms with Gasteiger partial charge in [-0.3, -0.25) is 0 Å². The monoisotopic (exact) mass is 244 g/mol. The standard InChI is InChI=1S/C15H32O2/c1-4-7-9-14(6-3)13-15(10-8-5-2)17-12-11-16/h14-16H,4-13H2,1-3H3. The van der Waals surface area contributed by atoms with Crippen molar-refractivity contribution in [1.82, 2.24) is 0 Å². The zero-order valence-electron chi connectivity index (χ0n) is 12.1. The molecule has 2 atom stereocenters. The van der Waals surface area contributed by atoms with Crippen LogP contribution >= 0.6 is 0 Å². The maximum atomic E-state index is 8.85. The van der Waals surface area contributed by atoms with Crippen LogP contribution in [0.3, 0.4) is 0 Å². The Morgan fingerprint density at radius 3 is 2.18 bits per heavy atom. The molecule has 0 aliphatic carbocycles. The van der Waals surface area contributed by atoms with Crippen LogP contribution in [0.1, 0.15) is 72.1 Å². The molecule has 0 bridgehead atoms. The molecule has 0 aromatic heterocycles. The van der Waals surface area contributed by atoms with Gasteiger partial charge in [-0.05, 0) is 18.8 Å². The third kappa shape index (κ3) is 9.61. The summed E-state index contributed by atoms with van der Waals surface area (Å²) in [5.74, 6) is 0.801. The SMILES string of the molecule is CCCCC(CC)CC(CCCC)OCCO. The van der Waals surface area contributed by atoms with Crippen molar-refractivity contribution in [2.75, 3.05) is 13.2 Å². The molecule has 17 heavy (non-hydrogen) atoms. The molecule has 0 spiro atoms. The second-order valence-corrected chi connectivity index (χ2v) is 5.01. The fraction of sp³-hybridized carbons (Fsp3) is 1.00. The van der Waals surface area contributed by atoms with Gasteiger partial charge >= 0.3 is 0 Å². The third-order valence-corrected chi connectivity index (χ3v) is 3.46. The Morgan fingerprint density at radius 2 is 1.65 bits per heavy atom. The lowest BCUT2D eigenvalue weighted by Crippen LogP contribution is -2.19. The van der Waals surface area contributed by atoms with Crippen molar-refractivity contribution in [2.24, 2.45) is 5.92 Å². The Morgan fingerprint density at radius 1 is 1.00 bits per heavy atom. The molecule has 0 fully saturated rings. The number of aliphatic hydroxyl groups is 1. The molecule has 0 aromatic carbocycles. The van der Waals surface area contributed by atoms with E-state index in [1.54, 1.807) is 0 Å². The van der Waals surface area contributed by atoms with Gasteiger partial charge in [-0.1, -0.05) is 59.3 Å². The van der Waals surface area contributed by atoms with Crippen LogP contribution in [0.15, 0.2) is 0 Å². The average Bonchev–Trinajstić information content (AvgIpc) is 2.36. The summed E-state index contributed by atoms with van der Waals surface area (Å²) in [6, 6.07) is 0. The minimum atomic E-state index is 0.147. The van der Waals surface area contributed by atoms with Crippen molar-refractivity contribution in [1.29, 1.82) is 0 Å². The van der Waals surface area contributed by atoms with Crippen LogP contribution in [0, 0.1) is 5.92 Å². The first-order valence-corrected chi connectivity index (χ1v) is 7.50. The lowest BCUT2D eigenvalue weighted by molar-refractivity contribution is 0.00811. The summed E-state index contributed by atoms with van der Waals surface area (Å²) >= 11 is 0. The van der Waals surface area contributed by atoms with E-state index < -0.39 is 0 Å². The second kappa shape index (κ2) is 12.4. The van der Waals surface area contributed by atoms with Crippen molar-refractivity contribution < 1.29 is 9.84 Å². The van der Waals surface area contributed by atoms with Crippen LogP contribution in [0.5, 0.6) is 0 Å². The molecule has 0 aliphatic heterocycles. The molecule has 0 aliphatic rings. The number of aliphatic hydroxyl groups excluding tert-OH is 1. The summed E-state index contributed by atoms with van der Waals surface area (Å²) in [5, 5.41) is 8.85. The fourth-order valence-electron chi connectivity index (χ4n) is 2.27. The van der Waals surface area contributed by atoms with Crippen molar-refractivity contribution in [3.63, 3.8) is 0 Å². The summed E-state index contributed by atoms with van der Waals surface area (Å²) in [7, 11) is 0. The lowest BCUT2D eigenvalue weighted by Gasteiger charge is -2.23. The van der Waals surface area contributed by atoms with E-state index in [1.165, 1.54) is 44.9 Å². The largest absolute Gasteiger partial charge is 0.394 e. The highest BCUT2D eigenvalue weighted by Gasteiger charge is 2.15. The molecule has 1 N–H and O–H groups in total. The first kappa shape index (κ1) is 16.9. The average molecular weight is 244 g/mol. The molecule has 2 heteroatoms. The van der Waals surface area contributed by atoms with Gasteiger partial charge in [0.25, 0.3) is 0 Å². The number of unbranched alkanes of at least 4 members (excludes halogenated alkanes) is 2. The van der Waals surface area contributed by atoms with Gasteiger partial charge in [0.1, 0.15) is 0 Å². The van der Waals surface area contributed by atoms with Crippen molar-refractivity contribution in [3.8, 4) is 0 Å². The smallest absolute Gasteiger partial charge is 0.0701 e. The van der Waals surface area contributed by atoms with E-state index in [0.717, 1.165) is 12.3 Å². The highest BCUT2D eigenvalue weighted by atomic mass is 16.5. The van der Waals surface area contributed by atoms with E-state index in [0.29, 0.717) is 12.7 Å². The second-order valence-electron chi connectivity index (χ2n) is 5.01. The Balaban J connectivity index is 3.97. The molecular formula is C15H32O2. The molecule has 104 valence electrons. The Labute approximate surface area is 108 Å². The summed E-state index contributed by atoms with van der Waals surface area (Å²) in [5.41, 5.74) is 0. The van der Waals surface area contributed by atoms with Gasteiger partial charge in [0, 0.05) is 0 Å². The third-order valence-electron chi connectivity index (χ3n) is 3.46. The molecule has 0 heterocycles. The van der Waals surface area contributed by atoms with E-state index >= 15 is 0 Å². The van der Waals surface area contributed by atoms with Crippen molar-refractivity contribution >= 4 is 0 Å². The van der Waals surface area contributed by atoms with Gasteiger partial charge in [-0.2, -0.15) is 0 Å². The zero-order chi connectivity index (χ0) is 12.9. The van der Waals surface area contributed by atoms with Crippen LogP contribution in [0.4, 0.5) is 0 Å². The number of hydrogen-bond donors (Lipinski definition) is 1. The van der Waals surface area contributed by atoms with Crippen molar-refractivity contribution in [2.45, 2.75) is 78.2 Å². The van der Waals surface area contributed by atoms with E-state index in [1.807, 2.05) is 0 Å². The summed E-state index contributed by atoms with van der Waals surface area (Å²) in [6.07, 6.45) is 10.4. The minimum absolute atomic E-state index is 0.147. The van der Waals surface area contributed by atoms with E-state index in [2.05, 4.69) is 20.8 Å². The predicted molar refractivity (Wildman–Crippen MR) is 74.3 cm³/mol. The highest BCUT2D eigenvalue weighted by molar-refractivity contribution is 4.66. The summed E-state index contributed by atoms with van der Waals surface area (Å²) in [6.45, 7) is 7.40. The molecule has 2 nitrogen and oxygen atoms in total. The van der Waals surface area contributed by atoms with Crippen molar-refractivity contribution in [3.05, 3.63) is 0 Å². The Hall–Kier alpha value is -0.0800. The Kier molecular flexibility index (Phi) is 12.3. The van der Waals surface area contributed by atoms with Gasteiger partial charge in [-0.25, -0.2) is 0 Å².